The van der Waals surface area contributed by atoms with Gasteiger partial charge in [-0.2, -0.15) is 56.7 Å². The quantitative estimate of drug-likeness (QED) is 0.151. The summed E-state index contributed by atoms with van der Waals surface area (Å²) in [6, 6.07) is 18.5. The van der Waals surface area contributed by atoms with Crippen molar-refractivity contribution < 1.29 is 48.7 Å². The molecule has 3 N–H and O–H groups in total. The van der Waals surface area contributed by atoms with E-state index in [0.29, 0.717) is 11.3 Å². The molecule has 2 saturated heterocycles. The first-order valence-electron chi connectivity index (χ1n) is 15.4. The third kappa shape index (κ3) is 22.1. The Balaban J connectivity index is -0.000000205. The number of nitrogen functional groups attached to an aromatic ring is 1. The molecule has 2 heterocycles. The van der Waals surface area contributed by atoms with Crippen molar-refractivity contribution >= 4 is 56.7 Å². The van der Waals surface area contributed by atoms with E-state index < -0.39 is 47.5 Å². The Hall–Kier alpha value is -1.34. The van der Waals surface area contributed by atoms with Gasteiger partial charge in [0.2, 0.25) is 0 Å². The van der Waals surface area contributed by atoms with E-state index in [4.69, 9.17) is 5.73 Å². The van der Waals surface area contributed by atoms with Crippen molar-refractivity contribution in [2.75, 3.05) is 49.2 Å². The zero-order chi connectivity index (χ0) is 35.0. The molecule has 300 valence electrons. The SMILES string of the molecule is C.C.C.C.C[Si](C)(C)N(c1c[c-]ccc1)[Si](C)(C)C.Nc1cccc(C2(O)CCN(CC(F)(F)F)CC2)c1.O=C1CCN(CC(F)(F)F)CC1.[Cl-].[Mg+2]. The second-order valence-electron chi connectivity index (χ2n) is 13.9. The van der Waals surface area contributed by atoms with Crippen molar-refractivity contribution in [3.8, 4) is 0 Å². The summed E-state index contributed by atoms with van der Waals surface area (Å²) in [6.45, 7) is 13.6. The van der Waals surface area contributed by atoms with Crippen molar-refractivity contribution in [3.05, 3.63) is 60.2 Å². The number of piperidine rings is 2. The van der Waals surface area contributed by atoms with Crippen LogP contribution < -0.4 is 22.4 Å². The number of hydrogen-bond donors (Lipinski definition) is 2. The van der Waals surface area contributed by atoms with Gasteiger partial charge in [0, 0.05) is 44.7 Å². The number of carbonyl (C=O) groups excluding carboxylic acids is 1. The molecule has 2 fully saturated rings. The maximum absolute atomic E-state index is 12.3. The molecule has 2 aliphatic heterocycles. The number of rotatable bonds is 6. The number of alkyl halides is 6. The molecule has 2 aliphatic rings. The number of Topliss-reactive ketones (excluding diaryl/α,β-unsaturated/α-hetero) is 1. The fourth-order valence-corrected chi connectivity index (χ4v) is 15.8. The maximum Gasteiger partial charge on any atom is 2.00 e. The van der Waals surface area contributed by atoms with Gasteiger partial charge in [0.05, 0.1) is 18.7 Å². The zero-order valence-electron chi connectivity index (χ0n) is 28.8. The Bertz CT molecular complexity index is 1220. The second-order valence-corrected chi connectivity index (χ2v) is 23.9. The number of carbonyl (C=O) groups is 1. The van der Waals surface area contributed by atoms with Crippen LogP contribution in [0.3, 0.4) is 0 Å². The fraction of sp³-hybridized carbons (Fsp3) is 0.639. The van der Waals surface area contributed by atoms with E-state index in [1.165, 1.54) is 15.5 Å². The second kappa shape index (κ2) is 24.9. The first-order chi connectivity index (χ1) is 21.0. The van der Waals surface area contributed by atoms with Crippen LogP contribution in [0.1, 0.15) is 61.0 Å². The van der Waals surface area contributed by atoms with Gasteiger partial charge in [0.1, 0.15) is 22.3 Å². The molecule has 0 atom stereocenters. The molecular weight excluding hydrogens is 750 g/mol. The van der Waals surface area contributed by atoms with Crippen molar-refractivity contribution in [2.45, 2.75) is 113 Å². The summed E-state index contributed by atoms with van der Waals surface area (Å²) in [5, 5.41) is 10.5. The molecule has 0 aliphatic carbocycles. The number of aliphatic hydroxyl groups is 1. The number of halogens is 7. The normalized spacial score (nSPS) is 16.1. The van der Waals surface area contributed by atoms with Gasteiger partial charge in [-0.1, -0.05) is 86.8 Å². The molecule has 0 aromatic heterocycles. The number of ketones is 1. The molecule has 2 aromatic carbocycles. The molecule has 52 heavy (non-hydrogen) atoms. The Morgan fingerprint density at radius 2 is 1.25 bits per heavy atom. The minimum atomic E-state index is -4.19. The van der Waals surface area contributed by atoms with Crippen LogP contribution in [0.2, 0.25) is 39.3 Å². The van der Waals surface area contributed by atoms with Crippen LogP contribution in [-0.2, 0) is 10.4 Å². The number of benzene rings is 2. The number of anilines is 2. The van der Waals surface area contributed by atoms with Crippen molar-refractivity contribution in [2.24, 2.45) is 0 Å². The number of nitrogens with zero attached hydrogens (tertiary/aromatic N) is 3. The Morgan fingerprint density at radius 1 is 0.808 bits per heavy atom. The van der Waals surface area contributed by atoms with Crippen molar-refractivity contribution in [1.29, 1.82) is 0 Å². The average molecular weight is 816 g/mol. The van der Waals surface area contributed by atoms with E-state index in [1.54, 1.807) is 24.3 Å². The fourth-order valence-electron chi connectivity index (χ4n) is 5.97. The summed E-state index contributed by atoms with van der Waals surface area (Å²) in [5.74, 6) is 0.0634. The predicted octanol–water partition coefficient (Wildman–Crippen LogP) is 6.46. The van der Waals surface area contributed by atoms with Crippen LogP contribution in [0.4, 0.5) is 37.7 Å². The number of nitrogens with two attached hydrogens (primary N) is 1. The summed E-state index contributed by atoms with van der Waals surface area (Å²) >= 11 is 0. The van der Waals surface area contributed by atoms with Gasteiger partial charge >= 0.3 is 35.4 Å². The molecule has 6 nitrogen and oxygen atoms in total. The number of hydrogen-bond acceptors (Lipinski definition) is 6. The Kier molecular flexibility index (Phi) is 28.7. The van der Waals surface area contributed by atoms with Crippen LogP contribution in [0.25, 0.3) is 0 Å². The summed E-state index contributed by atoms with van der Waals surface area (Å²) in [7, 11) is -2.58. The standard InChI is InChI=1S/C13H17F3N2O.C12H22NSi2.C7H10F3NO.4CH4.ClH.Mg/c14-13(15,16)9-18-6-4-12(19,5-7-18)10-2-1-3-11(17)8-10;1-14(2,3)13(15(4,5)6)12-10-8-7-9-11-12;8-7(9,10)5-11-3-1-6(12)2-4-11;;;;;;/h1-3,8,19H,4-7,9,17H2;7-8,10-11H,1-6H3;1-5H2;4*1H4;1H;/q;-1;;;;;;;+2/p-1. The summed E-state index contributed by atoms with van der Waals surface area (Å²) in [4.78, 5) is 13.3. The van der Waals surface area contributed by atoms with Gasteiger partial charge in [-0.3, -0.25) is 14.6 Å². The molecule has 2 aromatic rings. The molecule has 0 radical (unpaired) electrons. The average Bonchev–Trinajstić information content (AvgIpc) is 2.90. The predicted molar refractivity (Wildman–Crippen MR) is 210 cm³/mol. The summed E-state index contributed by atoms with van der Waals surface area (Å²) in [6.07, 6.45) is -7.24. The topological polar surface area (TPSA) is 73.0 Å². The van der Waals surface area contributed by atoms with E-state index in [9.17, 15) is 36.2 Å². The number of likely N-dealkylation sites (tertiary alicyclic amines) is 2. The van der Waals surface area contributed by atoms with E-state index >= 15 is 0 Å². The Morgan fingerprint density at radius 3 is 1.62 bits per heavy atom. The first-order valence-corrected chi connectivity index (χ1v) is 22.3. The molecule has 0 saturated carbocycles. The summed E-state index contributed by atoms with van der Waals surface area (Å²) in [5.41, 5.74) is 7.17. The van der Waals surface area contributed by atoms with Crippen LogP contribution in [0.15, 0.2) is 48.5 Å². The van der Waals surface area contributed by atoms with Crippen LogP contribution >= 0.6 is 0 Å². The van der Waals surface area contributed by atoms with E-state index in [-0.39, 0.29) is 123 Å². The van der Waals surface area contributed by atoms with Gasteiger partial charge in [-0.05, 0) is 30.5 Å². The van der Waals surface area contributed by atoms with Gasteiger partial charge in [-0.25, -0.2) is 0 Å². The molecule has 0 amide bonds. The van der Waals surface area contributed by atoms with Gasteiger partial charge < -0.3 is 27.5 Å². The van der Waals surface area contributed by atoms with Gasteiger partial charge in [0.15, 0.2) is 0 Å². The van der Waals surface area contributed by atoms with E-state index in [1.807, 2.05) is 6.07 Å². The molecule has 0 spiro atoms. The van der Waals surface area contributed by atoms with Crippen LogP contribution in [-0.4, -0.2) is 112 Å². The first kappa shape index (κ1) is 59.9. The van der Waals surface area contributed by atoms with E-state index in [0.717, 1.165) is 0 Å². The van der Waals surface area contributed by atoms with E-state index in [2.05, 4.69) is 67.8 Å². The zero-order valence-corrected chi connectivity index (χ0v) is 33.0. The maximum atomic E-state index is 12.3. The van der Waals surface area contributed by atoms with Crippen LogP contribution in [0, 0.1) is 6.07 Å². The molecule has 0 unspecified atom stereocenters. The smallest absolute Gasteiger partial charge is 1.00 e. The molecular formula is C36H65ClF6MgN4O2Si2. The summed E-state index contributed by atoms with van der Waals surface area (Å²) < 4.78 is 75.0. The Labute approximate surface area is 335 Å². The van der Waals surface area contributed by atoms with Gasteiger partial charge in [-0.15, -0.1) is 0 Å². The molecule has 4 rings (SSSR count). The third-order valence-corrected chi connectivity index (χ3v) is 14.8. The third-order valence-electron chi connectivity index (χ3n) is 7.62. The van der Waals surface area contributed by atoms with Crippen LogP contribution in [0.5, 0.6) is 0 Å². The minimum absolute atomic E-state index is 0. The minimum Gasteiger partial charge on any atom is -1.00 e. The van der Waals surface area contributed by atoms with Crippen molar-refractivity contribution in [1.82, 2.24) is 9.80 Å². The molecule has 0 bridgehead atoms. The largest absolute Gasteiger partial charge is 2.00 e. The van der Waals surface area contributed by atoms with Gasteiger partial charge in [0.25, 0.3) is 0 Å². The monoisotopic (exact) mass is 814 g/mol. The van der Waals surface area contributed by atoms with Crippen molar-refractivity contribution in [3.63, 3.8) is 0 Å². The molecule has 16 heteroatoms.